The van der Waals surface area contributed by atoms with Crippen LogP contribution in [0.15, 0.2) is 91.1 Å². The summed E-state index contributed by atoms with van der Waals surface area (Å²) in [6.07, 6.45) is 2.26. The molecule has 0 fully saturated rings. The summed E-state index contributed by atoms with van der Waals surface area (Å²) in [5.41, 5.74) is 4.99. The van der Waals surface area contributed by atoms with Gasteiger partial charge in [0, 0.05) is 17.7 Å². The molecule has 0 aliphatic heterocycles. The number of carbonyl (C=O) groups is 1. The molecule has 3 N–H and O–H groups in total. The molecule has 1 aromatic heterocycles. The number of aryl methyl sites for hydroxylation is 1. The maximum Gasteiger partial charge on any atom is 0.329 e. The van der Waals surface area contributed by atoms with Crippen molar-refractivity contribution in [2.75, 3.05) is 5.32 Å². The number of para-hydroxylation sites is 1. The highest BCUT2D eigenvalue weighted by Gasteiger charge is 2.16. The Morgan fingerprint density at radius 3 is 2.18 bits per heavy atom. The van der Waals surface area contributed by atoms with E-state index in [4.69, 9.17) is 9.79 Å². The molecular weight excluding hydrogens is 437 g/mol. The van der Waals surface area contributed by atoms with E-state index in [0.717, 1.165) is 22.5 Å². The van der Waals surface area contributed by atoms with Crippen molar-refractivity contribution < 1.29 is 19.1 Å². The van der Waals surface area contributed by atoms with Crippen LogP contribution in [0.5, 0.6) is 0 Å². The summed E-state index contributed by atoms with van der Waals surface area (Å²) in [4.78, 5) is 30.7. The van der Waals surface area contributed by atoms with Crippen LogP contribution in [0.4, 0.5) is 5.69 Å². The van der Waals surface area contributed by atoms with E-state index in [-0.39, 0.29) is 18.5 Å². The number of carbonyl (C=O) groups excluding carboxylic acids is 1. The number of nitrogens with zero attached hydrogens (tertiary/aromatic N) is 2. The van der Waals surface area contributed by atoms with Gasteiger partial charge in [-0.2, -0.15) is 5.10 Å². The summed E-state index contributed by atoms with van der Waals surface area (Å²) in [7, 11) is -4.12. The van der Waals surface area contributed by atoms with Crippen molar-refractivity contribution in [1.82, 2.24) is 9.78 Å². The lowest BCUT2D eigenvalue weighted by molar-refractivity contribution is -0.116. The van der Waals surface area contributed by atoms with Gasteiger partial charge in [0.2, 0.25) is 5.91 Å². The van der Waals surface area contributed by atoms with Crippen LogP contribution in [0.25, 0.3) is 16.9 Å². The number of amides is 1. The third-order valence-electron chi connectivity index (χ3n) is 5.14. The Bertz CT molecular complexity index is 1270. The minimum absolute atomic E-state index is 0.149. The molecule has 0 saturated carbocycles. The monoisotopic (exact) mass is 461 g/mol. The molecule has 168 valence electrons. The first-order chi connectivity index (χ1) is 15.9. The van der Waals surface area contributed by atoms with Crippen LogP contribution >= 0.6 is 7.60 Å². The Kier molecular flexibility index (Phi) is 6.84. The molecule has 0 atom stereocenters. The van der Waals surface area contributed by atoms with Crippen molar-refractivity contribution in [3.05, 3.63) is 102 Å². The summed E-state index contributed by atoms with van der Waals surface area (Å²) in [5, 5.41) is 7.42. The topological polar surface area (TPSA) is 104 Å². The molecule has 7 nitrogen and oxygen atoms in total. The molecular formula is C25H24N3O4P. The molecule has 0 radical (unpaired) electrons. The lowest BCUT2D eigenvalue weighted by Crippen LogP contribution is -2.12. The van der Waals surface area contributed by atoms with Gasteiger partial charge in [-0.1, -0.05) is 60.7 Å². The zero-order chi connectivity index (χ0) is 23.3. The van der Waals surface area contributed by atoms with Crippen molar-refractivity contribution in [2.24, 2.45) is 0 Å². The van der Waals surface area contributed by atoms with Crippen molar-refractivity contribution in [2.45, 2.75) is 19.0 Å². The van der Waals surface area contributed by atoms with E-state index >= 15 is 0 Å². The van der Waals surface area contributed by atoms with Crippen LogP contribution in [0.2, 0.25) is 0 Å². The molecule has 0 aliphatic rings. The third kappa shape index (κ3) is 6.05. The summed E-state index contributed by atoms with van der Waals surface area (Å²) >= 11 is 0. The van der Waals surface area contributed by atoms with E-state index < -0.39 is 7.60 Å². The zero-order valence-corrected chi connectivity index (χ0v) is 18.7. The average Bonchev–Trinajstić information content (AvgIpc) is 3.23. The van der Waals surface area contributed by atoms with Crippen LogP contribution in [-0.2, 0) is 21.9 Å². The minimum atomic E-state index is -4.12. The molecule has 1 amide bonds. The van der Waals surface area contributed by atoms with E-state index in [9.17, 15) is 9.36 Å². The second kappa shape index (κ2) is 9.96. The molecule has 33 heavy (non-hydrogen) atoms. The average molecular weight is 461 g/mol. The number of rotatable bonds is 8. The fourth-order valence-electron chi connectivity index (χ4n) is 3.64. The molecule has 0 bridgehead atoms. The molecule has 8 heteroatoms. The first-order valence-corrected chi connectivity index (χ1v) is 12.3. The predicted octanol–water partition coefficient (Wildman–Crippen LogP) is 4.79. The number of benzene rings is 3. The fourth-order valence-corrected chi connectivity index (χ4v) is 4.32. The fraction of sp³-hybridized carbons (Fsp3) is 0.120. The van der Waals surface area contributed by atoms with Gasteiger partial charge >= 0.3 is 7.60 Å². The Morgan fingerprint density at radius 1 is 0.909 bits per heavy atom. The van der Waals surface area contributed by atoms with E-state index in [1.54, 1.807) is 30.5 Å². The first-order valence-electron chi connectivity index (χ1n) is 10.5. The van der Waals surface area contributed by atoms with Crippen LogP contribution in [0, 0.1) is 0 Å². The number of hydrogen-bond donors (Lipinski definition) is 3. The highest BCUT2D eigenvalue weighted by Crippen LogP contribution is 2.39. The van der Waals surface area contributed by atoms with Gasteiger partial charge in [-0.15, -0.1) is 0 Å². The molecule has 0 aliphatic carbocycles. The quantitative estimate of drug-likeness (QED) is 0.327. The third-order valence-corrected chi connectivity index (χ3v) is 5.92. The number of hydrogen-bond acceptors (Lipinski definition) is 3. The van der Waals surface area contributed by atoms with E-state index in [2.05, 4.69) is 10.4 Å². The lowest BCUT2D eigenvalue weighted by atomic mass is 10.0. The van der Waals surface area contributed by atoms with Crippen LogP contribution < -0.4 is 5.32 Å². The Hall–Kier alpha value is -3.51. The Balaban J connectivity index is 1.48. The van der Waals surface area contributed by atoms with E-state index in [0.29, 0.717) is 17.7 Å². The molecule has 0 saturated heterocycles. The summed E-state index contributed by atoms with van der Waals surface area (Å²) in [6, 6.07) is 26.3. The van der Waals surface area contributed by atoms with Gasteiger partial charge in [-0.25, -0.2) is 4.68 Å². The minimum Gasteiger partial charge on any atom is -0.326 e. The summed E-state index contributed by atoms with van der Waals surface area (Å²) in [6.45, 7) is 0. The van der Waals surface area contributed by atoms with Gasteiger partial charge in [0.05, 0.1) is 23.7 Å². The lowest BCUT2D eigenvalue weighted by Gasteiger charge is -2.11. The second-order valence-electron chi connectivity index (χ2n) is 7.70. The summed E-state index contributed by atoms with van der Waals surface area (Å²) in [5.74, 6) is -0.149. The Labute approximate surface area is 191 Å². The molecule has 0 spiro atoms. The van der Waals surface area contributed by atoms with Crippen molar-refractivity contribution in [3.8, 4) is 16.9 Å². The SMILES string of the molecule is O=C(CCc1cnn(-c2ccccc2)c1-c1ccccc1)Nc1ccc(CP(=O)(O)O)cc1. The molecule has 3 aromatic carbocycles. The number of anilines is 1. The van der Waals surface area contributed by atoms with Gasteiger partial charge in [0.1, 0.15) is 0 Å². The molecule has 4 rings (SSSR count). The number of nitrogens with one attached hydrogen (secondary N) is 1. The zero-order valence-electron chi connectivity index (χ0n) is 17.8. The summed E-state index contributed by atoms with van der Waals surface area (Å²) < 4.78 is 13.0. The Morgan fingerprint density at radius 2 is 1.55 bits per heavy atom. The van der Waals surface area contributed by atoms with Gasteiger partial charge in [-0.05, 0) is 41.8 Å². The maximum absolute atomic E-state index is 12.6. The maximum atomic E-state index is 12.6. The van der Waals surface area contributed by atoms with Crippen molar-refractivity contribution in [3.63, 3.8) is 0 Å². The highest BCUT2D eigenvalue weighted by atomic mass is 31.2. The van der Waals surface area contributed by atoms with Crippen LogP contribution in [0.3, 0.4) is 0 Å². The predicted molar refractivity (Wildman–Crippen MR) is 128 cm³/mol. The van der Waals surface area contributed by atoms with Crippen molar-refractivity contribution in [1.29, 1.82) is 0 Å². The highest BCUT2D eigenvalue weighted by molar-refractivity contribution is 7.50. The molecule has 4 aromatic rings. The first kappa shape index (κ1) is 22.7. The van der Waals surface area contributed by atoms with Gasteiger partial charge in [0.25, 0.3) is 0 Å². The normalized spacial score (nSPS) is 11.3. The van der Waals surface area contributed by atoms with Gasteiger partial charge in [0.15, 0.2) is 0 Å². The standard InChI is InChI=1S/C25H24N3O4P/c29-24(27-22-14-11-19(12-15-22)18-33(30,31)32)16-13-21-17-26-28(23-9-5-2-6-10-23)25(21)20-7-3-1-4-8-20/h1-12,14-15,17H,13,16,18H2,(H,27,29)(H2,30,31,32). The van der Waals surface area contributed by atoms with Gasteiger partial charge < -0.3 is 15.1 Å². The second-order valence-corrected chi connectivity index (χ2v) is 9.35. The molecule has 1 heterocycles. The van der Waals surface area contributed by atoms with E-state index in [1.165, 1.54) is 0 Å². The number of aromatic nitrogens is 2. The van der Waals surface area contributed by atoms with E-state index in [1.807, 2.05) is 65.3 Å². The van der Waals surface area contributed by atoms with Crippen molar-refractivity contribution >= 4 is 19.2 Å². The van der Waals surface area contributed by atoms with Crippen LogP contribution in [0.1, 0.15) is 17.5 Å². The van der Waals surface area contributed by atoms with Gasteiger partial charge in [-0.3, -0.25) is 9.36 Å². The largest absolute Gasteiger partial charge is 0.329 e. The molecule has 0 unspecified atom stereocenters. The van der Waals surface area contributed by atoms with Crippen LogP contribution in [-0.4, -0.2) is 25.5 Å². The smallest absolute Gasteiger partial charge is 0.326 e.